The molecule has 0 fully saturated rings. The summed E-state index contributed by atoms with van der Waals surface area (Å²) >= 11 is 0. The highest BCUT2D eigenvalue weighted by molar-refractivity contribution is 5.75. The average molecular weight is 232 g/mol. The van der Waals surface area contributed by atoms with Gasteiger partial charge >= 0.3 is 11.9 Å². The van der Waals surface area contributed by atoms with Crippen molar-refractivity contribution in [3.05, 3.63) is 34.2 Å². The Balaban J connectivity index is 2.50. The molecule has 2 aromatic rings. The number of benzene rings is 1. The Morgan fingerprint density at radius 2 is 1.81 bits per heavy atom. The summed E-state index contributed by atoms with van der Waals surface area (Å²) in [6.07, 6.45) is -7.26. The molecule has 0 spiro atoms. The number of aliphatic hydroxyl groups excluding tert-OH is 1. The van der Waals surface area contributed by atoms with E-state index in [1.54, 1.807) is 0 Å². The maximum absolute atomic E-state index is 12.2. The van der Waals surface area contributed by atoms with Crippen LogP contribution in [0.1, 0.15) is 11.7 Å². The number of H-pyrrole nitrogens is 2. The van der Waals surface area contributed by atoms with Gasteiger partial charge in [0.05, 0.1) is 11.0 Å². The molecule has 2 rings (SSSR count). The first-order valence-corrected chi connectivity index (χ1v) is 4.34. The molecule has 0 saturated heterocycles. The Morgan fingerprint density at radius 3 is 2.44 bits per heavy atom. The highest BCUT2D eigenvalue weighted by Crippen LogP contribution is 2.32. The van der Waals surface area contributed by atoms with Crippen LogP contribution in [0.2, 0.25) is 0 Å². The van der Waals surface area contributed by atoms with Gasteiger partial charge in [-0.1, -0.05) is 6.07 Å². The third kappa shape index (κ3) is 1.81. The van der Waals surface area contributed by atoms with Crippen LogP contribution in [0.4, 0.5) is 13.2 Å². The summed E-state index contributed by atoms with van der Waals surface area (Å²) in [6.45, 7) is 0. The molecule has 3 N–H and O–H groups in total. The second kappa shape index (κ2) is 3.38. The number of aromatic amines is 2. The number of fused-ring (bicyclic) bond motifs is 1. The summed E-state index contributed by atoms with van der Waals surface area (Å²) in [7, 11) is 0. The van der Waals surface area contributed by atoms with Gasteiger partial charge < -0.3 is 15.1 Å². The Morgan fingerprint density at radius 1 is 1.19 bits per heavy atom. The average Bonchev–Trinajstić information content (AvgIpc) is 2.54. The summed E-state index contributed by atoms with van der Waals surface area (Å²) in [6, 6.07) is 3.51. The van der Waals surface area contributed by atoms with E-state index in [-0.39, 0.29) is 11.1 Å². The molecule has 1 unspecified atom stereocenters. The van der Waals surface area contributed by atoms with Crippen molar-refractivity contribution in [1.82, 2.24) is 9.97 Å². The first kappa shape index (κ1) is 10.7. The maximum Gasteiger partial charge on any atom is 0.418 e. The monoisotopic (exact) mass is 232 g/mol. The summed E-state index contributed by atoms with van der Waals surface area (Å²) in [5.74, 6) is 0. The summed E-state index contributed by atoms with van der Waals surface area (Å²) in [5.41, 5.74) is -0.196. The van der Waals surface area contributed by atoms with E-state index in [0.29, 0.717) is 5.52 Å². The van der Waals surface area contributed by atoms with Gasteiger partial charge in [-0.2, -0.15) is 13.2 Å². The van der Waals surface area contributed by atoms with Crippen LogP contribution in [-0.4, -0.2) is 21.3 Å². The zero-order chi connectivity index (χ0) is 11.9. The van der Waals surface area contributed by atoms with Gasteiger partial charge in [-0.15, -0.1) is 0 Å². The van der Waals surface area contributed by atoms with Gasteiger partial charge in [-0.3, -0.25) is 0 Å². The third-order valence-corrected chi connectivity index (χ3v) is 2.17. The molecule has 86 valence electrons. The lowest BCUT2D eigenvalue weighted by molar-refractivity contribution is -0.206. The van der Waals surface area contributed by atoms with Gasteiger partial charge in [0.1, 0.15) is 0 Å². The number of aliphatic hydroxyl groups is 1. The molecule has 1 aromatic heterocycles. The predicted molar refractivity (Wildman–Crippen MR) is 49.9 cm³/mol. The first-order chi connectivity index (χ1) is 7.38. The number of rotatable bonds is 1. The number of hydrogen-bond donors (Lipinski definition) is 3. The summed E-state index contributed by atoms with van der Waals surface area (Å²) < 4.78 is 36.6. The van der Waals surface area contributed by atoms with Crippen molar-refractivity contribution in [2.75, 3.05) is 0 Å². The third-order valence-electron chi connectivity index (χ3n) is 2.17. The van der Waals surface area contributed by atoms with Crippen LogP contribution >= 0.6 is 0 Å². The molecule has 0 radical (unpaired) electrons. The van der Waals surface area contributed by atoms with Gasteiger partial charge in [0.15, 0.2) is 6.10 Å². The van der Waals surface area contributed by atoms with Gasteiger partial charge in [0.2, 0.25) is 0 Å². The molecule has 0 saturated carbocycles. The second-order valence-corrected chi connectivity index (χ2v) is 3.33. The fourth-order valence-corrected chi connectivity index (χ4v) is 1.41. The Bertz CT molecular complexity index is 570. The predicted octanol–water partition coefficient (Wildman–Crippen LogP) is 1.45. The quantitative estimate of drug-likeness (QED) is 0.696. The molecule has 0 aliphatic heterocycles. The van der Waals surface area contributed by atoms with Gasteiger partial charge in [0, 0.05) is 0 Å². The van der Waals surface area contributed by atoms with E-state index >= 15 is 0 Å². The highest BCUT2D eigenvalue weighted by Gasteiger charge is 2.39. The summed E-state index contributed by atoms with van der Waals surface area (Å²) in [5, 5.41) is 9.00. The normalized spacial score (nSPS) is 14.2. The van der Waals surface area contributed by atoms with Crippen LogP contribution in [-0.2, 0) is 0 Å². The molecule has 0 amide bonds. The lowest BCUT2D eigenvalue weighted by atomic mass is 10.1. The van der Waals surface area contributed by atoms with Gasteiger partial charge in [0.25, 0.3) is 0 Å². The van der Waals surface area contributed by atoms with Crippen molar-refractivity contribution in [1.29, 1.82) is 0 Å². The number of hydrogen-bond acceptors (Lipinski definition) is 2. The lowest BCUT2D eigenvalue weighted by Crippen LogP contribution is -2.20. The van der Waals surface area contributed by atoms with E-state index in [2.05, 4.69) is 9.97 Å². The standard InChI is InChI=1S/C9H7F3N2O2/c10-9(11,12)7(15)4-1-2-5-6(3-4)14-8(16)13-5/h1-3,7,15H,(H2,13,14,16). The topological polar surface area (TPSA) is 68.9 Å². The number of alkyl halides is 3. The molecule has 1 heterocycles. The number of halogens is 3. The van der Waals surface area contributed by atoms with Crippen molar-refractivity contribution in [3.63, 3.8) is 0 Å². The van der Waals surface area contributed by atoms with Crippen molar-refractivity contribution in [2.24, 2.45) is 0 Å². The van der Waals surface area contributed by atoms with Crippen LogP contribution in [0.15, 0.2) is 23.0 Å². The Labute approximate surface area is 86.7 Å². The van der Waals surface area contributed by atoms with E-state index in [1.807, 2.05) is 0 Å². The molecular weight excluding hydrogens is 225 g/mol. The molecule has 16 heavy (non-hydrogen) atoms. The smallest absolute Gasteiger partial charge is 0.379 e. The SMILES string of the molecule is O=c1[nH]c2ccc(C(O)C(F)(F)F)cc2[nH]1. The van der Waals surface area contributed by atoms with Crippen LogP contribution in [0.25, 0.3) is 11.0 Å². The largest absolute Gasteiger partial charge is 0.418 e. The molecule has 0 aliphatic carbocycles. The molecule has 0 aliphatic rings. The van der Waals surface area contributed by atoms with E-state index in [0.717, 1.165) is 12.1 Å². The molecule has 1 atom stereocenters. The molecular formula is C9H7F3N2O2. The van der Waals surface area contributed by atoms with Crippen LogP contribution in [0, 0.1) is 0 Å². The van der Waals surface area contributed by atoms with Gasteiger partial charge in [-0.05, 0) is 17.7 Å². The number of imidazole rings is 1. The Hall–Kier alpha value is -1.76. The van der Waals surface area contributed by atoms with E-state index in [4.69, 9.17) is 5.11 Å². The highest BCUT2D eigenvalue weighted by atomic mass is 19.4. The maximum atomic E-state index is 12.2. The van der Waals surface area contributed by atoms with Crippen LogP contribution in [0.3, 0.4) is 0 Å². The Kier molecular flexibility index (Phi) is 2.27. The molecule has 4 nitrogen and oxygen atoms in total. The minimum Gasteiger partial charge on any atom is -0.379 e. The minimum atomic E-state index is -4.72. The van der Waals surface area contributed by atoms with Crippen LogP contribution < -0.4 is 5.69 Å². The zero-order valence-electron chi connectivity index (χ0n) is 7.80. The summed E-state index contributed by atoms with van der Waals surface area (Å²) in [4.78, 5) is 15.6. The first-order valence-electron chi connectivity index (χ1n) is 4.34. The van der Waals surface area contributed by atoms with Crippen molar-refractivity contribution >= 4 is 11.0 Å². The number of aromatic nitrogens is 2. The number of nitrogens with one attached hydrogen (secondary N) is 2. The minimum absolute atomic E-state index is 0.228. The van der Waals surface area contributed by atoms with Crippen LogP contribution in [0.5, 0.6) is 0 Å². The zero-order valence-corrected chi connectivity index (χ0v) is 7.80. The lowest BCUT2D eigenvalue weighted by Gasteiger charge is -2.14. The van der Waals surface area contributed by atoms with Crippen molar-refractivity contribution in [3.8, 4) is 0 Å². The van der Waals surface area contributed by atoms with E-state index in [1.165, 1.54) is 6.07 Å². The molecule has 7 heteroatoms. The fraction of sp³-hybridized carbons (Fsp3) is 0.222. The van der Waals surface area contributed by atoms with Gasteiger partial charge in [-0.25, -0.2) is 4.79 Å². The van der Waals surface area contributed by atoms with E-state index in [9.17, 15) is 18.0 Å². The van der Waals surface area contributed by atoms with Crippen molar-refractivity contribution in [2.45, 2.75) is 12.3 Å². The van der Waals surface area contributed by atoms with E-state index < -0.39 is 18.0 Å². The molecule has 0 bridgehead atoms. The van der Waals surface area contributed by atoms with Crippen molar-refractivity contribution < 1.29 is 18.3 Å². The molecule has 1 aromatic carbocycles. The fourth-order valence-electron chi connectivity index (χ4n) is 1.41. The second-order valence-electron chi connectivity index (χ2n) is 3.33.